The molecule has 1 fully saturated rings. The van der Waals surface area contributed by atoms with E-state index in [1.54, 1.807) is 36.4 Å². The summed E-state index contributed by atoms with van der Waals surface area (Å²) in [5.41, 5.74) is 0. The van der Waals surface area contributed by atoms with Crippen molar-refractivity contribution in [2.24, 2.45) is 11.8 Å². The number of aliphatic hydroxyl groups excluding tert-OH is 3. The van der Waals surface area contributed by atoms with Crippen LogP contribution in [-0.2, 0) is 4.79 Å². The third kappa shape index (κ3) is 9.52. The first kappa shape index (κ1) is 27.2. The van der Waals surface area contributed by atoms with Crippen molar-refractivity contribution in [1.82, 2.24) is 0 Å². The van der Waals surface area contributed by atoms with E-state index < -0.39 is 24.3 Å². The van der Waals surface area contributed by atoms with Gasteiger partial charge in [-0.3, -0.25) is 0 Å². The Kier molecular flexibility index (Phi) is 12.9. The van der Waals surface area contributed by atoms with Crippen LogP contribution in [0.15, 0.2) is 48.6 Å². The van der Waals surface area contributed by atoms with E-state index in [1.807, 2.05) is 12.2 Å². The molecule has 1 aliphatic carbocycles. The molecule has 1 aromatic rings. The van der Waals surface area contributed by atoms with E-state index in [2.05, 4.69) is 0 Å². The Labute approximate surface area is 204 Å². The molecular formula is C22H28ClNaO6. The minimum atomic E-state index is -1.06. The third-order valence-electron chi connectivity index (χ3n) is 5.01. The predicted molar refractivity (Wildman–Crippen MR) is 108 cm³/mol. The summed E-state index contributed by atoms with van der Waals surface area (Å²) in [6, 6.07) is 6.89. The monoisotopic (exact) mass is 446 g/mol. The fraction of sp³-hybridized carbons (Fsp3) is 0.500. The molecule has 2 rings (SSSR count). The van der Waals surface area contributed by atoms with Gasteiger partial charge in [0.15, 0.2) is 0 Å². The van der Waals surface area contributed by atoms with Crippen LogP contribution in [0.4, 0.5) is 0 Å². The zero-order valence-electron chi connectivity index (χ0n) is 17.2. The molecule has 0 spiro atoms. The van der Waals surface area contributed by atoms with Gasteiger partial charge < -0.3 is 30.0 Å². The molecule has 1 aliphatic rings. The molecule has 0 aromatic heterocycles. The van der Waals surface area contributed by atoms with Crippen molar-refractivity contribution in [2.75, 3.05) is 6.61 Å². The van der Waals surface area contributed by atoms with Gasteiger partial charge in [-0.15, -0.1) is 0 Å². The van der Waals surface area contributed by atoms with Crippen LogP contribution < -0.4 is 39.4 Å². The number of hydrogen-bond donors (Lipinski definition) is 3. The number of benzene rings is 1. The normalized spacial score (nSPS) is 24.8. The second-order valence-corrected chi connectivity index (χ2v) is 7.74. The number of aliphatic hydroxyl groups is 3. The van der Waals surface area contributed by atoms with Gasteiger partial charge in [-0.05, 0) is 49.8 Å². The Morgan fingerprint density at radius 3 is 2.77 bits per heavy atom. The van der Waals surface area contributed by atoms with E-state index in [0.29, 0.717) is 30.0 Å². The fourth-order valence-electron chi connectivity index (χ4n) is 3.49. The maximum absolute atomic E-state index is 10.4. The van der Waals surface area contributed by atoms with Crippen molar-refractivity contribution in [2.45, 2.75) is 50.4 Å². The Morgan fingerprint density at radius 1 is 1.30 bits per heavy atom. The number of carbonyl (C=O) groups excluding carboxylic acids is 1. The van der Waals surface area contributed by atoms with Gasteiger partial charge in [0.1, 0.15) is 18.5 Å². The first-order valence-electron chi connectivity index (χ1n) is 9.82. The molecule has 1 unspecified atom stereocenters. The average molecular weight is 447 g/mol. The molecule has 1 aromatic carbocycles. The van der Waals surface area contributed by atoms with Crippen molar-refractivity contribution >= 4 is 17.6 Å². The molecule has 6 nitrogen and oxygen atoms in total. The quantitative estimate of drug-likeness (QED) is 0.225. The molecule has 0 amide bonds. The number of allylic oxidation sites excluding steroid dienone is 2. The van der Waals surface area contributed by atoms with Gasteiger partial charge in [0.2, 0.25) is 0 Å². The SMILES string of the molecule is O=C([O-])CCCC=CCC1[C@@H](/C=C/[C@@H](O)COc2cccc(Cl)c2)[C@H](O)C[C@@H]1O.[Na+]. The van der Waals surface area contributed by atoms with E-state index in [1.165, 1.54) is 0 Å². The van der Waals surface area contributed by atoms with Crippen LogP contribution in [0.2, 0.25) is 5.02 Å². The number of rotatable bonds is 11. The third-order valence-corrected chi connectivity index (χ3v) is 5.25. The first-order chi connectivity index (χ1) is 13.9. The van der Waals surface area contributed by atoms with Crippen LogP contribution in [0, 0.1) is 11.8 Å². The minimum Gasteiger partial charge on any atom is -0.550 e. The van der Waals surface area contributed by atoms with E-state index in [-0.39, 0.29) is 60.8 Å². The number of ether oxygens (including phenoxy) is 1. The van der Waals surface area contributed by atoms with Crippen molar-refractivity contribution in [1.29, 1.82) is 0 Å². The molecule has 3 N–H and O–H groups in total. The summed E-state index contributed by atoms with van der Waals surface area (Å²) in [6.45, 7) is 0.0468. The molecule has 0 radical (unpaired) electrons. The summed E-state index contributed by atoms with van der Waals surface area (Å²) in [5, 5.41) is 41.6. The van der Waals surface area contributed by atoms with Crippen molar-refractivity contribution < 1.29 is 59.5 Å². The summed E-state index contributed by atoms with van der Waals surface area (Å²) in [6.07, 6.45) is 6.93. The average Bonchev–Trinajstić information content (AvgIpc) is 2.93. The second kappa shape index (κ2) is 14.2. The Hall–Kier alpha value is -0.860. The van der Waals surface area contributed by atoms with Crippen LogP contribution in [0.1, 0.15) is 32.1 Å². The number of carboxylic acid groups (broad SMARTS) is 1. The van der Waals surface area contributed by atoms with Crippen molar-refractivity contribution in [3.63, 3.8) is 0 Å². The second-order valence-electron chi connectivity index (χ2n) is 7.30. The number of carbonyl (C=O) groups is 1. The summed E-state index contributed by atoms with van der Waals surface area (Å²) >= 11 is 5.89. The maximum atomic E-state index is 10.4. The summed E-state index contributed by atoms with van der Waals surface area (Å²) in [7, 11) is 0. The van der Waals surface area contributed by atoms with E-state index in [0.717, 1.165) is 0 Å². The Balaban J connectivity index is 0.00000450. The number of halogens is 1. The molecule has 0 heterocycles. The summed E-state index contributed by atoms with van der Waals surface area (Å²) < 4.78 is 5.50. The minimum absolute atomic E-state index is 0. The van der Waals surface area contributed by atoms with Gasteiger partial charge in [-0.1, -0.05) is 42.0 Å². The molecule has 0 saturated heterocycles. The van der Waals surface area contributed by atoms with Gasteiger partial charge in [0.05, 0.1) is 12.2 Å². The van der Waals surface area contributed by atoms with Gasteiger partial charge in [-0.2, -0.15) is 0 Å². The molecule has 0 aliphatic heterocycles. The number of aliphatic carboxylic acids is 1. The summed E-state index contributed by atoms with van der Waals surface area (Å²) in [4.78, 5) is 10.4. The smallest absolute Gasteiger partial charge is 0.550 e. The topological polar surface area (TPSA) is 110 Å². The van der Waals surface area contributed by atoms with Gasteiger partial charge >= 0.3 is 29.6 Å². The van der Waals surface area contributed by atoms with Crippen molar-refractivity contribution in [3.05, 3.63) is 53.6 Å². The zero-order valence-corrected chi connectivity index (χ0v) is 19.9. The first-order valence-corrected chi connectivity index (χ1v) is 10.2. The number of carboxylic acids is 1. The van der Waals surface area contributed by atoms with Crippen LogP contribution in [-0.4, -0.2) is 46.2 Å². The number of hydrogen-bond acceptors (Lipinski definition) is 6. The molecule has 30 heavy (non-hydrogen) atoms. The van der Waals surface area contributed by atoms with Gasteiger partial charge in [0.25, 0.3) is 0 Å². The fourth-order valence-corrected chi connectivity index (χ4v) is 3.67. The zero-order chi connectivity index (χ0) is 21.2. The molecular weight excluding hydrogens is 419 g/mol. The van der Waals surface area contributed by atoms with Crippen molar-refractivity contribution in [3.8, 4) is 5.75 Å². The van der Waals surface area contributed by atoms with Crippen LogP contribution in [0.25, 0.3) is 0 Å². The van der Waals surface area contributed by atoms with E-state index in [9.17, 15) is 25.2 Å². The molecule has 8 heteroatoms. The molecule has 1 saturated carbocycles. The predicted octanol–water partition coefficient (Wildman–Crippen LogP) is -1.14. The molecule has 5 atom stereocenters. The Morgan fingerprint density at radius 2 is 2.07 bits per heavy atom. The van der Waals surface area contributed by atoms with Crippen LogP contribution in [0.3, 0.4) is 0 Å². The standard InChI is InChI=1S/C22H29ClO6.Na/c23-15-6-5-7-17(12-15)29-14-16(24)10-11-19-18(20(25)13-21(19)26)8-3-1-2-4-9-22(27)28;/h1,3,5-7,10-12,16,18-21,24-26H,2,4,8-9,13-14H2,(H,27,28);/q;+1/p-1/b3-1?,11-10+;/t16-,18?,19-,20+,21-;/m1./s1. The number of unbranched alkanes of at least 4 members (excludes halogenated alkanes) is 1. The molecule has 0 bridgehead atoms. The van der Waals surface area contributed by atoms with Crippen LogP contribution in [0.5, 0.6) is 5.75 Å². The van der Waals surface area contributed by atoms with Crippen LogP contribution >= 0.6 is 11.6 Å². The van der Waals surface area contributed by atoms with Gasteiger partial charge in [-0.25, -0.2) is 0 Å². The maximum Gasteiger partial charge on any atom is 1.00 e. The molecule has 160 valence electrons. The Bertz CT molecular complexity index is 711. The van der Waals surface area contributed by atoms with E-state index >= 15 is 0 Å². The largest absolute Gasteiger partial charge is 1.00 e. The summed E-state index contributed by atoms with van der Waals surface area (Å²) in [5.74, 6) is -0.947. The van der Waals surface area contributed by atoms with Gasteiger partial charge in [0, 0.05) is 23.3 Å². The van der Waals surface area contributed by atoms with E-state index in [4.69, 9.17) is 16.3 Å².